The smallest absolute Gasteiger partial charge is 0.270 e. The summed E-state index contributed by atoms with van der Waals surface area (Å²) in [6, 6.07) is 8.35. The van der Waals surface area contributed by atoms with E-state index in [4.69, 9.17) is 4.74 Å². The first-order valence-electron chi connectivity index (χ1n) is 7.07. The highest BCUT2D eigenvalue weighted by Gasteiger charge is 2.22. The first-order chi connectivity index (χ1) is 10.9. The molecule has 0 saturated heterocycles. The summed E-state index contributed by atoms with van der Waals surface area (Å²) in [5, 5.41) is 18.9. The molecule has 0 aliphatic heterocycles. The molecule has 0 spiro atoms. The lowest BCUT2D eigenvalue weighted by Gasteiger charge is -2.22. The second kappa shape index (κ2) is 5.44. The number of pyridine rings is 1. The number of rotatable bonds is 4. The number of ether oxygens (including phenoxy) is 1. The molecular formula is C16H16N4O3. The van der Waals surface area contributed by atoms with E-state index >= 15 is 0 Å². The van der Waals surface area contributed by atoms with Crippen LogP contribution in [0.25, 0.3) is 22.2 Å². The van der Waals surface area contributed by atoms with Crippen molar-refractivity contribution in [3.63, 3.8) is 0 Å². The molecule has 1 aromatic carbocycles. The summed E-state index contributed by atoms with van der Waals surface area (Å²) < 4.78 is 5.45. The Balaban J connectivity index is 2.15. The van der Waals surface area contributed by atoms with Crippen LogP contribution < -0.4 is 0 Å². The maximum Gasteiger partial charge on any atom is 0.270 e. The van der Waals surface area contributed by atoms with Crippen LogP contribution in [-0.4, -0.2) is 27.2 Å². The molecule has 2 heterocycles. The second-order valence-corrected chi connectivity index (χ2v) is 5.70. The lowest BCUT2D eigenvalue weighted by Crippen LogP contribution is -2.20. The van der Waals surface area contributed by atoms with Gasteiger partial charge in [-0.3, -0.25) is 20.2 Å². The van der Waals surface area contributed by atoms with Crippen LogP contribution in [0, 0.1) is 10.1 Å². The summed E-state index contributed by atoms with van der Waals surface area (Å²) in [6.07, 6.45) is 1.68. The van der Waals surface area contributed by atoms with Crippen molar-refractivity contribution in [2.75, 3.05) is 7.11 Å². The predicted molar refractivity (Wildman–Crippen MR) is 86.0 cm³/mol. The largest absolute Gasteiger partial charge is 0.373 e. The summed E-state index contributed by atoms with van der Waals surface area (Å²) >= 11 is 0. The molecule has 0 radical (unpaired) electrons. The SMILES string of the molecule is COC(C)(C)c1cc(-c2n[nH]c3ccc([N+](=O)[O-])cc23)ccn1. The Labute approximate surface area is 132 Å². The lowest BCUT2D eigenvalue weighted by molar-refractivity contribution is -0.384. The van der Waals surface area contributed by atoms with Gasteiger partial charge in [-0.25, -0.2) is 0 Å². The van der Waals surface area contributed by atoms with Gasteiger partial charge in [-0.15, -0.1) is 0 Å². The highest BCUT2D eigenvalue weighted by molar-refractivity contribution is 5.94. The number of aromatic amines is 1. The van der Waals surface area contributed by atoms with E-state index in [2.05, 4.69) is 15.2 Å². The number of hydrogen-bond donors (Lipinski definition) is 1. The predicted octanol–water partition coefficient (Wildman–Crippen LogP) is 3.41. The molecular weight excluding hydrogens is 296 g/mol. The molecule has 7 nitrogen and oxygen atoms in total. The molecule has 0 aliphatic rings. The van der Waals surface area contributed by atoms with E-state index in [0.29, 0.717) is 11.1 Å². The van der Waals surface area contributed by atoms with E-state index in [0.717, 1.165) is 16.8 Å². The van der Waals surface area contributed by atoms with Crippen LogP contribution in [-0.2, 0) is 10.3 Å². The average molecular weight is 312 g/mol. The fourth-order valence-electron chi connectivity index (χ4n) is 2.35. The van der Waals surface area contributed by atoms with Gasteiger partial charge in [0.25, 0.3) is 5.69 Å². The summed E-state index contributed by atoms with van der Waals surface area (Å²) in [5.74, 6) is 0. The van der Waals surface area contributed by atoms with Crippen LogP contribution in [0.2, 0.25) is 0 Å². The molecule has 0 bridgehead atoms. The van der Waals surface area contributed by atoms with E-state index in [1.165, 1.54) is 12.1 Å². The fraction of sp³-hybridized carbons (Fsp3) is 0.250. The molecule has 0 unspecified atom stereocenters. The number of aromatic nitrogens is 3. The van der Waals surface area contributed by atoms with Crippen molar-refractivity contribution in [1.29, 1.82) is 0 Å². The van der Waals surface area contributed by atoms with Crippen molar-refractivity contribution in [1.82, 2.24) is 15.2 Å². The number of benzene rings is 1. The average Bonchev–Trinajstić information content (AvgIpc) is 2.98. The van der Waals surface area contributed by atoms with Gasteiger partial charge in [-0.1, -0.05) is 0 Å². The number of hydrogen-bond acceptors (Lipinski definition) is 5. The van der Waals surface area contributed by atoms with Gasteiger partial charge >= 0.3 is 0 Å². The third-order valence-corrected chi connectivity index (χ3v) is 3.92. The Kier molecular flexibility index (Phi) is 3.57. The van der Waals surface area contributed by atoms with Crippen LogP contribution in [0.3, 0.4) is 0 Å². The molecule has 23 heavy (non-hydrogen) atoms. The van der Waals surface area contributed by atoms with Gasteiger partial charge in [0.05, 0.1) is 16.1 Å². The number of nitro benzene ring substituents is 1. The highest BCUT2D eigenvalue weighted by Crippen LogP contribution is 2.31. The molecule has 2 aromatic heterocycles. The molecule has 0 amide bonds. The Morgan fingerprint density at radius 1 is 1.26 bits per heavy atom. The zero-order chi connectivity index (χ0) is 16.6. The number of non-ortho nitro benzene ring substituents is 1. The van der Waals surface area contributed by atoms with Crippen molar-refractivity contribution < 1.29 is 9.66 Å². The van der Waals surface area contributed by atoms with E-state index in [-0.39, 0.29) is 5.69 Å². The van der Waals surface area contributed by atoms with Gasteiger partial charge in [0.15, 0.2) is 0 Å². The highest BCUT2D eigenvalue weighted by atomic mass is 16.6. The monoisotopic (exact) mass is 312 g/mol. The van der Waals surface area contributed by atoms with Gasteiger partial charge in [0, 0.05) is 36.4 Å². The Morgan fingerprint density at radius 3 is 2.74 bits per heavy atom. The minimum atomic E-state index is -0.534. The number of nitrogens with one attached hydrogen (secondary N) is 1. The van der Waals surface area contributed by atoms with Crippen molar-refractivity contribution in [2.24, 2.45) is 0 Å². The molecule has 0 aliphatic carbocycles. The van der Waals surface area contributed by atoms with Gasteiger partial charge in [-0.05, 0) is 32.0 Å². The summed E-state index contributed by atoms with van der Waals surface area (Å²) in [7, 11) is 1.63. The van der Waals surface area contributed by atoms with Crippen molar-refractivity contribution in [3.05, 3.63) is 52.3 Å². The fourth-order valence-corrected chi connectivity index (χ4v) is 2.35. The number of nitro groups is 1. The maximum absolute atomic E-state index is 11.0. The summed E-state index contributed by atoms with van der Waals surface area (Å²) in [6.45, 7) is 3.85. The molecule has 3 rings (SSSR count). The minimum absolute atomic E-state index is 0.0339. The topological polar surface area (TPSA) is 93.9 Å². The quantitative estimate of drug-likeness (QED) is 0.588. The van der Waals surface area contributed by atoms with E-state index in [1.807, 2.05) is 26.0 Å². The zero-order valence-electron chi connectivity index (χ0n) is 13.0. The lowest BCUT2D eigenvalue weighted by atomic mass is 10.0. The van der Waals surface area contributed by atoms with Gasteiger partial charge in [-0.2, -0.15) is 5.10 Å². The van der Waals surface area contributed by atoms with E-state index in [1.54, 1.807) is 19.4 Å². The Bertz CT molecular complexity index is 886. The zero-order valence-corrected chi connectivity index (χ0v) is 13.0. The second-order valence-electron chi connectivity index (χ2n) is 5.70. The molecule has 1 N–H and O–H groups in total. The van der Waals surface area contributed by atoms with Gasteiger partial charge in [0.1, 0.15) is 11.3 Å². The standard InChI is InChI=1S/C16H16N4O3/c1-16(2,23-3)14-8-10(6-7-17-14)15-12-9-11(20(21)22)4-5-13(12)18-19-15/h4-9H,1-3H3,(H,18,19). The molecule has 0 fully saturated rings. The third kappa shape index (κ3) is 2.66. The third-order valence-electron chi connectivity index (χ3n) is 3.92. The molecule has 0 atom stereocenters. The maximum atomic E-state index is 11.0. The molecule has 0 saturated carbocycles. The van der Waals surface area contributed by atoms with Crippen LogP contribution in [0.1, 0.15) is 19.5 Å². The van der Waals surface area contributed by atoms with Crippen LogP contribution in [0.4, 0.5) is 5.69 Å². The summed E-state index contributed by atoms with van der Waals surface area (Å²) in [4.78, 5) is 14.9. The van der Waals surface area contributed by atoms with Crippen molar-refractivity contribution in [3.8, 4) is 11.3 Å². The Hall–Kier alpha value is -2.80. The molecule has 3 aromatic rings. The number of nitrogens with zero attached hydrogens (tertiary/aromatic N) is 3. The van der Waals surface area contributed by atoms with E-state index in [9.17, 15) is 10.1 Å². The normalized spacial score (nSPS) is 11.8. The minimum Gasteiger partial charge on any atom is -0.373 e. The van der Waals surface area contributed by atoms with Gasteiger partial charge < -0.3 is 4.74 Å². The van der Waals surface area contributed by atoms with Crippen molar-refractivity contribution in [2.45, 2.75) is 19.4 Å². The molecule has 7 heteroatoms. The molecule has 118 valence electrons. The number of fused-ring (bicyclic) bond motifs is 1. The van der Waals surface area contributed by atoms with Crippen LogP contribution >= 0.6 is 0 Å². The number of H-pyrrole nitrogens is 1. The Morgan fingerprint density at radius 2 is 2.04 bits per heavy atom. The van der Waals surface area contributed by atoms with Crippen molar-refractivity contribution >= 4 is 16.6 Å². The first-order valence-corrected chi connectivity index (χ1v) is 7.07. The first kappa shape index (κ1) is 15.1. The van der Waals surface area contributed by atoms with Crippen LogP contribution in [0.15, 0.2) is 36.5 Å². The number of methoxy groups -OCH3 is 1. The summed E-state index contributed by atoms with van der Waals surface area (Å²) in [5.41, 5.74) is 2.49. The van der Waals surface area contributed by atoms with E-state index < -0.39 is 10.5 Å². The van der Waals surface area contributed by atoms with Gasteiger partial charge in [0.2, 0.25) is 0 Å². The van der Waals surface area contributed by atoms with Crippen LogP contribution in [0.5, 0.6) is 0 Å².